The highest BCUT2D eigenvalue weighted by molar-refractivity contribution is 5.77. The van der Waals surface area contributed by atoms with Crippen LogP contribution >= 0.6 is 0 Å². The zero-order valence-electron chi connectivity index (χ0n) is 5.40. The second kappa shape index (κ2) is 3.47. The summed E-state index contributed by atoms with van der Waals surface area (Å²) in [6.07, 6.45) is 0. The van der Waals surface area contributed by atoms with Crippen LogP contribution < -0.4 is 5.32 Å². The van der Waals surface area contributed by atoms with Crippen molar-refractivity contribution in [2.75, 3.05) is 6.54 Å². The van der Waals surface area contributed by atoms with E-state index in [2.05, 4.69) is 12.2 Å². The SMILES string of the molecule is [CH2]CNC(=O)C(C)C. The van der Waals surface area contributed by atoms with Crippen molar-refractivity contribution in [1.82, 2.24) is 5.32 Å². The fraction of sp³-hybridized carbons (Fsp3) is 0.667. The minimum absolute atomic E-state index is 0.0694. The highest BCUT2D eigenvalue weighted by atomic mass is 16.1. The van der Waals surface area contributed by atoms with Gasteiger partial charge in [0.1, 0.15) is 0 Å². The lowest BCUT2D eigenvalue weighted by Gasteiger charge is -2.02. The van der Waals surface area contributed by atoms with Crippen molar-refractivity contribution < 1.29 is 4.79 Å². The summed E-state index contributed by atoms with van der Waals surface area (Å²) < 4.78 is 0. The second-order valence-corrected chi connectivity index (χ2v) is 1.95. The quantitative estimate of drug-likeness (QED) is 0.559. The van der Waals surface area contributed by atoms with E-state index in [4.69, 9.17) is 0 Å². The average molecular weight is 114 g/mol. The molecule has 1 radical (unpaired) electrons. The lowest BCUT2D eigenvalue weighted by atomic mass is 10.2. The van der Waals surface area contributed by atoms with Gasteiger partial charge in [-0.2, -0.15) is 0 Å². The molecule has 0 bridgehead atoms. The van der Waals surface area contributed by atoms with Gasteiger partial charge in [0.25, 0.3) is 0 Å². The number of hydrogen-bond donors (Lipinski definition) is 1. The fourth-order valence-corrected chi connectivity index (χ4v) is 0.327. The zero-order valence-corrected chi connectivity index (χ0v) is 5.40. The van der Waals surface area contributed by atoms with Gasteiger partial charge in [0, 0.05) is 12.5 Å². The van der Waals surface area contributed by atoms with Crippen molar-refractivity contribution in [2.45, 2.75) is 13.8 Å². The molecule has 47 valence electrons. The van der Waals surface area contributed by atoms with Crippen LogP contribution in [-0.2, 0) is 4.79 Å². The van der Waals surface area contributed by atoms with E-state index in [0.29, 0.717) is 6.54 Å². The predicted molar refractivity (Wildman–Crippen MR) is 33.2 cm³/mol. The zero-order chi connectivity index (χ0) is 6.57. The van der Waals surface area contributed by atoms with E-state index in [1.54, 1.807) is 0 Å². The van der Waals surface area contributed by atoms with Gasteiger partial charge in [0.15, 0.2) is 0 Å². The normalized spacial score (nSPS) is 9.50. The van der Waals surface area contributed by atoms with Crippen molar-refractivity contribution in [3.8, 4) is 0 Å². The molecule has 0 aromatic rings. The Morgan fingerprint density at radius 1 is 1.75 bits per heavy atom. The van der Waals surface area contributed by atoms with Crippen molar-refractivity contribution in [3.63, 3.8) is 0 Å². The molecule has 0 rings (SSSR count). The topological polar surface area (TPSA) is 29.1 Å². The van der Waals surface area contributed by atoms with Crippen LogP contribution in [0, 0.1) is 12.8 Å². The Balaban J connectivity index is 3.33. The molecule has 0 heterocycles. The van der Waals surface area contributed by atoms with Crippen LogP contribution in [-0.4, -0.2) is 12.5 Å². The molecule has 0 aliphatic rings. The fourth-order valence-electron chi connectivity index (χ4n) is 0.327. The molecule has 0 saturated carbocycles. The van der Waals surface area contributed by atoms with E-state index in [1.165, 1.54) is 0 Å². The molecule has 1 amide bonds. The molecule has 2 heteroatoms. The highest BCUT2D eigenvalue weighted by Crippen LogP contribution is 1.88. The van der Waals surface area contributed by atoms with Gasteiger partial charge in [-0.05, 0) is 6.92 Å². The van der Waals surface area contributed by atoms with Gasteiger partial charge in [0.2, 0.25) is 5.91 Å². The van der Waals surface area contributed by atoms with Gasteiger partial charge in [-0.15, -0.1) is 0 Å². The van der Waals surface area contributed by atoms with E-state index in [-0.39, 0.29) is 11.8 Å². The minimum Gasteiger partial charge on any atom is -0.356 e. The van der Waals surface area contributed by atoms with Gasteiger partial charge < -0.3 is 5.32 Å². The molecule has 0 fully saturated rings. The van der Waals surface area contributed by atoms with E-state index >= 15 is 0 Å². The van der Waals surface area contributed by atoms with Crippen molar-refractivity contribution in [1.29, 1.82) is 0 Å². The van der Waals surface area contributed by atoms with E-state index in [0.717, 1.165) is 0 Å². The summed E-state index contributed by atoms with van der Waals surface area (Å²) in [6.45, 7) is 7.66. The van der Waals surface area contributed by atoms with Crippen LogP contribution in [0.3, 0.4) is 0 Å². The first-order valence-corrected chi connectivity index (χ1v) is 2.75. The third-order valence-electron chi connectivity index (χ3n) is 0.824. The van der Waals surface area contributed by atoms with Crippen LogP contribution in [0.25, 0.3) is 0 Å². The molecule has 0 aromatic heterocycles. The monoisotopic (exact) mass is 114 g/mol. The number of carbonyl (C=O) groups excluding carboxylic acids is 1. The first kappa shape index (κ1) is 7.47. The average Bonchev–Trinajstić information content (AvgIpc) is 1.67. The Morgan fingerprint density at radius 3 is 2.38 bits per heavy atom. The van der Waals surface area contributed by atoms with E-state index < -0.39 is 0 Å². The second-order valence-electron chi connectivity index (χ2n) is 1.95. The number of nitrogens with one attached hydrogen (secondary N) is 1. The molecule has 2 nitrogen and oxygen atoms in total. The molecule has 0 spiro atoms. The van der Waals surface area contributed by atoms with Crippen molar-refractivity contribution >= 4 is 5.91 Å². The molecule has 0 aliphatic heterocycles. The summed E-state index contributed by atoms with van der Waals surface area (Å²) in [6, 6.07) is 0. The maximum absolute atomic E-state index is 10.6. The molecular formula is C6H12NO. The van der Waals surface area contributed by atoms with Crippen LogP contribution in [0.1, 0.15) is 13.8 Å². The first-order chi connectivity index (χ1) is 3.68. The lowest BCUT2D eigenvalue weighted by molar-refractivity contribution is -0.123. The molecule has 0 unspecified atom stereocenters. The Bertz CT molecular complexity index is 78.6. The smallest absolute Gasteiger partial charge is 0.222 e. The lowest BCUT2D eigenvalue weighted by Crippen LogP contribution is -2.27. The molecule has 1 N–H and O–H groups in total. The predicted octanol–water partition coefficient (Wildman–Crippen LogP) is 0.593. The van der Waals surface area contributed by atoms with E-state index in [1.807, 2.05) is 13.8 Å². The molecule has 0 atom stereocenters. The van der Waals surface area contributed by atoms with Gasteiger partial charge in [0.05, 0.1) is 0 Å². The maximum atomic E-state index is 10.6. The van der Waals surface area contributed by atoms with Gasteiger partial charge in [-0.3, -0.25) is 4.79 Å². The van der Waals surface area contributed by atoms with Crippen molar-refractivity contribution in [3.05, 3.63) is 6.92 Å². The Kier molecular flexibility index (Phi) is 3.24. The number of carbonyl (C=O) groups is 1. The molecule has 0 aromatic carbocycles. The minimum atomic E-state index is 0.0694. The molecule has 0 saturated heterocycles. The van der Waals surface area contributed by atoms with Gasteiger partial charge in [-0.25, -0.2) is 0 Å². The van der Waals surface area contributed by atoms with Crippen LogP contribution in [0.5, 0.6) is 0 Å². The van der Waals surface area contributed by atoms with Gasteiger partial charge in [-0.1, -0.05) is 13.8 Å². The molecule has 0 aliphatic carbocycles. The summed E-state index contributed by atoms with van der Waals surface area (Å²) >= 11 is 0. The van der Waals surface area contributed by atoms with Crippen LogP contribution in [0.15, 0.2) is 0 Å². The third-order valence-corrected chi connectivity index (χ3v) is 0.824. The summed E-state index contributed by atoms with van der Waals surface area (Å²) in [5, 5.41) is 2.59. The first-order valence-electron chi connectivity index (χ1n) is 2.75. The van der Waals surface area contributed by atoms with Crippen LogP contribution in [0.2, 0.25) is 0 Å². The summed E-state index contributed by atoms with van der Waals surface area (Å²) in [7, 11) is 0. The standard InChI is InChI=1S/C6H12NO/c1-4-7-6(8)5(2)3/h5H,1,4H2,2-3H3,(H,7,8). The largest absolute Gasteiger partial charge is 0.356 e. The summed E-state index contributed by atoms with van der Waals surface area (Å²) in [5.41, 5.74) is 0. The Morgan fingerprint density at radius 2 is 2.25 bits per heavy atom. The Labute approximate surface area is 50.3 Å². The maximum Gasteiger partial charge on any atom is 0.222 e. The number of rotatable bonds is 2. The van der Waals surface area contributed by atoms with Crippen molar-refractivity contribution in [2.24, 2.45) is 5.92 Å². The Hall–Kier alpha value is -0.530. The number of amides is 1. The van der Waals surface area contributed by atoms with Crippen LogP contribution in [0.4, 0.5) is 0 Å². The number of hydrogen-bond acceptors (Lipinski definition) is 1. The molecule has 8 heavy (non-hydrogen) atoms. The van der Waals surface area contributed by atoms with Gasteiger partial charge >= 0.3 is 0 Å². The molecular weight excluding hydrogens is 102 g/mol. The summed E-state index contributed by atoms with van der Waals surface area (Å²) in [4.78, 5) is 10.6. The highest BCUT2D eigenvalue weighted by Gasteiger charge is 2.02. The van der Waals surface area contributed by atoms with E-state index in [9.17, 15) is 4.79 Å². The third kappa shape index (κ3) is 2.61. The summed E-state index contributed by atoms with van der Waals surface area (Å²) in [5.74, 6) is 0.150.